The molecule has 0 bridgehead atoms. The van der Waals surface area contributed by atoms with E-state index in [0.717, 1.165) is 5.56 Å². The maximum atomic E-state index is 12.3. The third-order valence-electron chi connectivity index (χ3n) is 3.35. The molecule has 21 heavy (non-hydrogen) atoms. The second-order valence-electron chi connectivity index (χ2n) is 5.27. The number of ketones is 2. The molecular formula is C19H18O2. The van der Waals surface area contributed by atoms with Gasteiger partial charge in [0.1, 0.15) is 0 Å². The Hall–Kier alpha value is -2.48. The molecule has 0 fully saturated rings. The summed E-state index contributed by atoms with van der Waals surface area (Å²) in [4.78, 5) is 24.2. The lowest BCUT2D eigenvalue weighted by Gasteiger charge is -2.08. The first-order valence-corrected chi connectivity index (χ1v) is 6.94. The van der Waals surface area contributed by atoms with Gasteiger partial charge in [0, 0.05) is 22.6 Å². The highest BCUT2D eigenvalue weighted by Crippen LogP contribution is 2.19. The summed E-state index contributed by atoms with van der Waals surface area (Å²) in [6.07, 6.45) is 0. The van der Waals surface area contributed by atoms with Crippen LogP contribution in [0.25, 0.3) is 5.57 Å². The molecule has 0 amide bonds. The highest BCUT2D eigenvalue weighted by atomic mass is 16.1. The third-order valence-corrected chi connectivity index (χ3v) is 3.35. The summed E-state index contributed by atoms with van der Waals surface area (Å²) in [6.45, 7) is 7.54. The number of hydrogen-bond acceptors (Lipinski definition) is 2. The molecule has 0 heterocycles. The normalized spacial score (nSPS) is 10.4. The zero-order valence-corrected chi connectivity index (χ0v) is 12.3. The van der Waals surface area contributed by atoms with Gasteiger partial charge in [0.15, 0.2) is 11.6 Å². The van der Waals surface area contributed by atoms with Gasteiger partial charge in [0.05, 0.1) is 0 Å². The van der Waals surface area contributed by atoms with Gasteiger partial charge < -0.3 is 0 Å². The topological polar surface area (TPSA) is 34.1 Å². The van der Waals surface area contributed by atoms with Crippen molar-refractivity contribution in [3.63, 3.8) is 0 Å². The highest BCUT2D eigenvalue weighted by molar-refractivity contribution is 6.21. The molecule has 0 atom stereocenters. The average molecular weight is 278 g/mol. The van der Waals surface area contributed by atoms with Crippen LogP contribution in [0.4, 0.5) is 0 Å². The number of Topliss-reactive ketones (excluding diaryl/α,β-unsaturated/α-hetero) is 1. The largest absolute Gasteiger partial charge is 0.294 e. The summed E-state index contributed by atoms with van der Waals surface area (Å²) in [5.74, 6) is -0.0804. The Morgan fingerprint density at radius 1 is 0.810 bits per heavy atom. The quantitative estimate of drug-likeness (QED) is 0.608. The predicted molar refractivity (Wildman–Crippen MR) is 85.2 cm³/mol. The second kappa shape index (κ2) is 6.31. The summed E-state index contributed by atoms with van der Waals surface area (Å²) < 4.78 is 0. The van der Waals surface area contributed by atoms with Gasteiger partial charge in [0.2, 0.25) is 0 Å². The second-order valence-corrected chi connectivity index (χ2v) is 5.27. The van der Waals surface area contributed by atoms with Crippen LogP contribution in [0.3, 0.4) is 0 Å². The van der Waals surface area contributed by atoms with Crippen molar-refractivity contribution in [2.24, 2.45) is 5.92 Å². The minimum atomic E-state index is -0.0804. The van der Waals surface area contributed by atoms with Crippen LogP contribution >= 0.6 is 0 Å². The first kappa shape index (κ1) is 14.9. The van der Waals surface area contributed by atoms with Crippen molar-refractivity contribution >= 4 is 17.1 Å². The van der Waals surface area contributed by atoms with Crippen LogP contribution in [0.15, 0.2) is 61.2 Å². The van der Waals surface area contributed by atoms with Crippen LogP contribution in [0.1, 0.15) is 35.3 Å². The average Bonchev–Trinajstić information content (AvgIpc) is 2.53. The zero-order chi connectivity index (χ0) is 15.4. The molecule has 2 rings (SSSR count). The molecule has 2 aromatic carbocycles. The van der Waals surface area contributed by atoms with E-state index in [-0.39, 0.29) is 17.5 Å². The molecule has 0 aliphatic rings. The van der Waals surface area contributed by atoms with Gasteiger partial charge in [-0.2, -0.15) is 0 Å². The zero-order valence-electron chi connectivity index (χ0n) is 12.3. The molecule has 2 heteroatoms. The lowest BCUT2D eigenvalue weighted by Crippen LogP contribution is -2.08. The van der Waals surface area contributed by atoms with Crippen molar-refractivity contribution < 1.29 is 9.59 Å². The summed E-state index contributed by atoms with van der Waals surface area (Å²) in [6, 6.07) is 16.2. The SMILES string of the molecule is C=C(C(=O)C(C)C)c1ccc(C(=O)c2ccccc2)cc1. The number of allylic oxidation sites excluding steroid dienone is 1. The van der Waals surface area contributed by atoms with E-state index in [4.69, 9.17) is 0 Å². The molecule has 0 aromatic heterocycles. The van der Waals surface area contributed by atoms with Crippen molar-refractivity contribution in [3.05, 3.63) is 77.9 Å². The maximum Gasteiger partial charge on any atom is 0.193 e. The first-order valence-electron chi connectivity index (χ1n) is 6.94. The van der Waals surface area contributed by atoms with Crippen molar-refractivity contribution in [2.75, 3.05) is 0 Å². The molecule has 0 unspecified atom stereocenters. The standard InChI is InChI=1S/C19H18O2/c1-13(2)18(20)14(3)15-9-11-17(12-10-15)19(21)16-7-5-4-6-8-16/h4-13H,3H2,1-2H3. The Bertz CT molecular complexity index is 664. The van der Waals surface area contributed by atoms with Crippen LogP contribution in [0.2, 0.25) is 0 Å². The minimum absolute atomic E-state index is 0.0250. The summed E-state index contributed by atoms with van der Waals surface area (Å²) >= 11 is 0. The lowest BCUT2D eigenvalue weighted by atomic mass is 9.94. The number of carbonyl (C=O) groups is 2. The van der Waals surface area contributed by atoms with E-state index < -0.39 is 0 Å². The number of carbonyl (C=O) groups excluding carboxylic acids is 2. The van der Waals surface area contributed by atoms with E-state index in [2.05, 4.69) is 6.58 Å². The molecule has 0 aliphatic carbocycles. The molecule has 0 saturated carbocycles. The summed E-state index contributed by atoms with van der Waals surface area (Å²) in [7, 11) is 0. The molecule has 106 valence electrons. The lowest BCUT2D eigenvalue weighted by molar-refractivity contribution is -0.116. The Kier molecular flexibility index (Phi) is 4.49. The van der Waals surface area contributed by atoms with Crippen molar-refractivity contribution in [3.8, 4) is 0 Å². The van der Waals surface area contributed by atoms with Gasteiger partial charge in [-0.15, -0.1) is 0 Å². The molecule has 2 nitrogen and oxygen atoms in total. The Labute approximate surface area is 125 Å². The molecular weight excluding hydrogens is 260 g/mol. The number of benzene rings is 2. The van der Waals surface area contributed by atoms with Gasteiger partial charge in [-0.1, -0.05) is 75.0 Å². The Balaban J connectivity index is 2.22. The fourth-order valence-electron chi connectivity index (χ4n) is 2.07. The molecule has 0 aliphatic heterocycles. The summed E-state index contributed by atoms with van der Waals surface area (Å²) in [5.41, 5.74) is 2.51. The molecule has 0 saturated heterocycles. The predicted octanol–water partition coefficient (Wildman–Crippen LogP) is 4.16. The molecule has 0 radical (unpaired) electrons. The van der Waals surface area contributed by atoms with Gasteiger partial charge >= 0.3 is 0 Å². The third kappa shape index (κ3) is 3.34. The minimum Gasteiger partial charge on any atom is -0.294 e. The van der Waals surface area contributed by atoms with E-state index in [1.807, 2.05) is 32.0 Å². The first-order chi connectivity index (χ1) is 10.0. The van der Waals surface area contributed by atoms with Gasteiger partial charge in [-0.05, 0) is 5.56 Å². The van der Waals surface area contributed by atoms with E-state index >= 15 is 0 Å². The maximum absolute atomic E-state index is 12.3. The van der Waals surface area contributed by atoms with E-state index in [0.29, 0.717) is 16.7 Å². The van der Waals surface area contributed by atoms with Crippen molar-refractivity contribution in [1.29, 1.82) is 0 Å². The van der Waals surface area contributed by atoms with Gasteiger partial charge in [-0.25, -0.2) is 0 Å². The monoisotopic (exact) mass is 278 g/mol. The van der Waals surface area contributed by atoms with E-state index in [9.17, 15) is 9.59 Å². The van der Waals surface area contributed by atoms with E-state index in [1.165, 1.54) is 0 Å². The van der Waals surface area contributed by atoms with Crippen molar-refractivity contribution in [1.82, 2.24) is 0 Å². The van der Waals surface area contributed by atoms with Crippen LogP contribution < -0.4 is 0 Å². The van der Waals surface area contributed by atoms with Crippen LogP contribution in [0.5, 0.6) is 0 Å². The fourth-order valence-corrected chi connectivity index (χ4v) is 2.07. The number of hydrogen-bond donors (Lipinski definition) is 0. The van der Waals surface area contributed by atoms with E-state index in [1.54, 1.807) is 36.4 Å². The molecule has 0 spiro atoms. The smallest absolute Gasteiger partial charge is 0.193 e. The van der Waals surface area contributed by atoms with Gasteiger partial charge in [-0.3, -0.25) is 9.59 Å². The molecule has 2 aromatic rings. The Morgan fingerprint density at radius 3 is 1.81 bits per heavy atom. The fraction of sp³-hybridized carbons (Fsp3) is 0.158. The van der Waals surface area contributed by atoms with Crippen LogP contribution in [0, 0.1) is 5.92 Å². The van der Waals surface area contributed by atoms with Gasteiger partial charge in [0.25, 0.3) is 0 Å². The van der Waals surface area contributed by atoms with Crippen LogP contribution in [-0.2, 0) is 4.79 Å². The summed E-state index contributed by atoms with van der Waals surface area (Å²) in [5, 5.41) is 0. The Morgan fingerprint density at radius 2 is 1.29 bits per heavy atom. The number of rotatable bonds is 5. The van der Waals surface area contributed by atoms with Crippen molar-refractivity contribution in [2.45, 2.75) is 13.8 Å². The molecule has 0 N–H and O–H groups in total. The highest BCUT2D eigenvalue weighted by Gasteiger charge is 2.14. The van der Waals surface area contributed by atoms with Crippen LogP contribution in [-0.4, -0.2) is 11.6 Å².